The van der Waals surface area contributed by atoms with Gasteiger partial charge in [-0.2, -0.15) is 0 Å². The van der Waals surface area contributed by atoms with E-state index in [1.807, 2.05) is 18.2 Å². The van der Waals surface area contributed by atoms with Crippen LogP contribution < -0.4 is 10.6 Å². The summed E-state index contributed by atoms with van der Waals surface area (Å²) in [7, 11) is 0. The van der Waals surface area contributed by atoms with Crippen molar-refractivity contribution in [1.82, 2.24) is 5.32 Å². The van der Waals surface area contributed by atoms with Crippen LogP contribution >= 0.6 is 34.2 Å². The molecule has 1 aliphatic rings. The average Bonchev–Trinajstić information content (AvgIpc) is 2.34. The Balaban J connectivity index is 1.90. The van der Waals surface area contributed by atoms with E-state index < -0.39 is 0 Å². The van der Waals surface area contributed by atoms with Crippen molar-refractivity contribution in [3.05, 3.63) is 26.8 Å². The summed E-state index contributed by atoms with van der Waals surface area (Å²) in [6.07, 6.45) is 0.391. The molecule has 4 nitrogen and oxygen atoms in total. The van der Waals surface area contributed by atoms with Crippen LogP contribution in [0.1, 0.15) is 6.42 Å². The lowest BCUT2D eigenvalue weighted by atomic mass is 10.2. The first-order valence-corrected chi connectivity index (χ1v) is 7.17. The van der Waals surface area contributed by atoms with Crippen LogP contribution in [0.4, 0.5) is 5.69 Å². The van der Waals surface area contributed by atoms with Crippen molar-refractivity contribution < 1.29 is 9.53 Å². The first-order chi connectivity index (χ1) is 8.65. The molecule has 1 aliphatic heterocycles. The summed E-state index contributed by atoms with van der Waals surface area (Å²) in [6.45, 7) is 2.08. The molecule has 1 saturated heterocycles. The number of hydrogen-bond acceptors (Lipinski definition) is 3. The van der Waals surface area contributed by atoms with Crippen LogP contribution in [0.15, 0.2) is 18.2 Å². The number of ether oxygens (including phenoxy) is 1. The lowest BCUT2D eigenvalue weighted by Gasteiger charge is -2.23. The molecule has 98 valence electrons. The van der Waals surface area contributed by atoms with E-state index in [2.05, 4.69) is 33.2 Å². The molecule has 0 radical (unpaired) electrons. The molecule has 1 fully saturated rings. The summed E-state index contributed by atoms with van der Waals surface area (Å²) in [6, 6.07) is 5.62. The summed E-state index contributed by atoms with van der Waals surface area (Å²) < 4.78 is 6.34. The van der Waals surface area contributed by atoms with Crippen molar-refractivity contribution in [1.29, 1.82) is 0 Å². The van der Waals surface area contributed by atoms with Crippen LogP contribution in [0.25, 0.3) is 0 Å². The second-order valence-electron chi connectivity index (χ2n) is 4.10. The van der Waals surface area contributed by atoms with E-state index in [1.54, 1.807) is 0 Å². The van der Waals surface area contributed by atoms with Gasteiger partial charge in [-0.3, -0.25) is 4.79 Å². The molecule has 0 aliphatic carbocycles. The van der Waals surface area contributed by atoms with Crippen LogP contribution in [-0.4, -0.2) is 31.7 Å². The summed E-state index contributed by atoms with van der Waals surface area (Å²) in [4.78, 5) is 11.9. The minimum Gasteiger partial charge on any atom is -0.378 e. The normalized spacial score (nSPS) is 19.6. The van der Waals surface area contributed by atoms with Crippen molar-refractivity contribution in [2.24, 2.45) is 0 Å². The highest BCUT2D eigenvalue weighted by Gasteiger charge is 2.17. The third kappa shape index (κ3) is 4.08. The predicted octanol–water partition coefficient (Wildman–Crippen LogP) is 2.26. The zero-order chi connectivity index (χ0) is 13.0. The van der Waals surface area contributed by atoms with Gasteiger partial charge in [0.25, 0.3) is 0 Å². The highest BCUT2D eigenvalue weighted by molar-refractivity contribution is 14.1. The molecule has 1 amide bonds. The second kappa shape index (κ2) is 6.70. The lowest BCUT2D eigenvalue weighted by molar-refractivity contribution is -0.117. The van der Waals surface area contributed by atoms with Crippen molar-refractivity contribution >= 4 is 45.8 Å². The molecule has 0 saturated carbocycles. The molecular formula is C12H14ClIN2O2. The second-order valence-corrected chi connectivity index (χ2v) is 5.76. The van der Waals surface area contributed by atoms with Gasteiger partial charge in [-0.15, -0.1) is 0 Å². The predicted molar refractivity (Wildman–Crippen MR) is 80.0 cm³/mol. The van der Waals surface area contributed by atoms with Gasteiger partial charge < -0.3 is 15.4 Å². The molecule has 6 heteroatoms. The van der Waals surface area contributed by atoms with Gasteiger partial charge in [0.05, 0.1) is 23.9 Å². The van der Waals surface area contributed by atoms with Crippen LogP contribution in [0.2, 0.25) is 5.02 Å². The summed E-state index contributed by atoms with van der Waals surface area (Å²) >= 11 is 8.23. The molecule has 0 spiro atoms. The van der Waals surface area contributed by atoms with E-state index in [0.717, 1.165) is 10.1 Å². The SMILES string of the molecule is O=C(CC1COCCN1)Nc1ccc(I)cc1Cl. The average molecular weight is 381 g/mol. The third-order valence-electron chi connectivity index (χ3n) is 2.64. The Morgan fingerprint density at radius 1 is 1.61 bits per heavy atom. The van der Waals surface area contributed by atoms with Gasteiger partial charge in [0.1, 0.15) is 0 Å². The van der Waals surface area contributed by atoms with Crippen LogP contribution in [0.3, 0.4) is 0 Å². The summed E-state index contributed by atoms with van der Waals surface area (Å²) in [5.74, 6) is -0.0545. The van der Waals surface area contributed by atoms with Crippen LogP contribution in [-0.2, 0) is 9.53 Å². The zero-order valence-corrected chi connectivity index (χ0v) is 12.6. The molecule has 1 unspecified atom stereocenters. The van der Waals surface area contributed by atoms with Gasteiger partial charge in [-0.05, 0) is 40.8 Å². The maximum absolute atomic E-state index is 11.9. The topological polar surface area (TPSA) is 50.4 Å². The fourth-order valence-corrected chi connectivity index (χ4v) is 2.67. The summed E-state index contributed by atoms with van der Waals surface area (Å²) in [5, 5.41) is 6.61. The smallest absolute Gasteiger partial charge is 0.226 e. The van der Waals surface area contributed by atoms with Gasteiger partial charge in [0.15, 0.2) is 0 Å². The number of benzene rings is 1. The van der Waals surface area contributed by atoms with Crippen LogP contribution in [0, 0.1) is 3.57 Å². The quantitative estimate of drug-likeness (QED) is 0.791. The number of carbonyl (C=O) groups excluding carboxylic acids is 1. The number of rotatable bonds is 3. The molecular weight excluding hydrogens is 367 g/mol. The van der Waals surface area contributed by atoms with E-state index >= 15 is 0 Å². The first kappa shape index (κ1) is 14.0. The monoisotopic (exact) mass is 380 g/mol. The molecule has 1 aromatic rings. The minimum atomic E-state index is -0.0545. The first-order valence-electron chi connectivity index (χ1n) is 5.71. The largest absolute Gasteiger partial charge is 0.378 e. The van der Waals surface area contributed by atoms with E-state index in [-0.39, 0.29) is 11.9 Å². The van der Waals surface area contributed by atoms with E-state index in [1.165, 1.54) is 0 Å². The van der Waals surface area contributed by atoms with Gasteiger partial charge in [0, 0.05) is 22.6 Å². The van der Waals surface area contributed by atoms with E-state index in [4.69, 9.17) is 16.3 Å². The Hall–Kier alpha value is -0.370. The number of carbonyl (C=O) groups is 1. The number of amides is 1. The summed E-state index contributed by atoms with van der Waals surface area (Å²) in [5.41, 5.74) is 0.652. The molecule has 0 bridgehead atoms. The molecule has 1 atom stereocenters. The molecule has 2 N–H and O–H groups in total. The maximum Gasteiger partial charge on any atom is 0.226 e. The Bertz CT molecular complexity index is 436. The molecule has 18 heavy (non-hydrogen) atoms. The number of halogens is 2. The zero-order valence-electron chi connectivity index (χ0n) is 9.71. The third-order valence-corrected chi connectivity index (χ3v) is 3.62. The number of anilines is 1. The van der Waals surface area contributed by atoms with Crippen molar-refractivity contribution in [3.8, 4) is 0 Å². The molecule has 1 heterocycles. The number of nitrogens with one attached hydrogen (secondary N) is 2. The Labute approximate surface area is 125 Å². The Kier molecular flexibility index (Phi) is 5.23. The van der Waals surface area contributed by atoms with E-state index in [9.17, 15) is 4.79 Å². The Morgan fingerprint density at radius 2 is 2.44 bits per heavy atom. The van der Waals surface area contributed by atoms with Crippen molar-refractivity contribution in [3.63, 3.8) is 0 Å². The van der Waals surface area contributed by atoms with Crippen LogP contribution in [0.5, 0.6) is 0 Å². The van der Waals surface area contributed by atoms with Gasteiger partial charge >= 0.3 is 0 Å². The van der Waals surface area contributed by atoms with Crippen molar-refractivity contribution in [2.45, 2.75) is 12.5 Å². The molecule has 0 aromatic heterocycles. The van der Waals surface area contributed by atoms with Gasteiger partial charge in [-0.25, -0.2) is 0 Å². The fraction of sp³-hybridized carbons (Fsp3) is 0.417. The number of morpholine rings is 1. The molecule has 1 aromatic carbocycles. The highest BCUT2D eigenvalue weighted by Crippen LogP contribution is 2.24. The minimum absolute atomic E-state index is 0.0545. The highest BCUT2D eigenvalue weighted by atomic mass is 127. The fourth-order valence-electron chi connectivity index (χ4n) is 1.77. The van der Waals surface area contributed by atoms with Crippen molar-refractivity contribution in [2.75, 3.05) is 25.1 Å². The Morgan fingerprint density at radius 3 is 3.11 bits per heavy atom. The molecule has 2 rings (SSSR count). The lowest BCUT2D eigenvalue weighted by Crippen LogP contribution is -2.43. The number of hydrogen-bond donors (Lipinski definition) is 2. The standard InChI is InChI=1S/C12H14ClIN2O2/c13-10-5-8(14)1-2-11(10)16-12(17)6-9-7-18-4-3-15-9/h1-2,5,9,15H,3-4,6-7H2,(H,16,17). The van der Waals surface area contributed by atoms with Gasteiger partial charge in [0.2, 0.25) is 5.91 Å². The maximum atomic E-state index is 11.9. The van der Waals surface area contributed by atoms with E-state index in [0.29, 0.717) is 30.3 Å². The van der Waals surface area contributed by atoms with Gasteiger partial charge in [-0.1, -0.05) is 11.6 Å².